The molecule has 0 aliphatic heterocycles. The molecule has 1 aromatic carbocycles. The molecule has 0 bridgehead atoms. The molecule has 0 aliphatic carbocycles. The van der Waals surface area contributed by atoms with Gasteiger partial charge in [-0.15, -0.1) is 11.3 Å². The number of anilines is 1. The van der Waals surface area contributed by atoms with Crippen LogP contribution in [-0.2, 0) is 0 Å². The van der Waals surface area contributed by atoms with Crippen molar-refractivity contribution < 1.29 is 9.53 Å². The minimum Gasteiger partial charge on any atom is -0.497 e. The predicted molar refractivity (Wildman–Crippen MR) is 124 cm³/mol. The summed E-state index contributed by atoms with van der Waals surface area (Å²) in [6, 6.07) is 11.3. The molecule has 3 heterocycles. The van der Waals surface area contributed by atoms with Gasteiger partial charge in [-0.1, -0.05) is 0 Å². The number of ether oxygens (including phenoxy) is 1. The van der Waals surface area contributed by atoms with Crippen molar-refractivity contribution in [3.63, 3.8) is 0 Å². The number of likely N-dealkylation sites (N-methyl/N-ethyl adjacent to an activating group) is 1. The highest BCUT2D eigenvalue weighted by Gasteiger charge is 2.15. The molecule has 4 N–H and O–H groups in total. The Kier molecular flexibility index (Phi) is 5.88. The van der Waals surface area contributed by atoms with Gasteiger partial charge < -0.3 is 25.7 Å². The number of aromatic nitrogens is 3. The van der Waals surface area contributed by atoms with Crippen LogP contribution in [-0.4, -0.2) is 60.1 Å². The summed E-state index contributed by atoms with van der Waals surface area (Å²) in [7, 11) is 5.57. The van der Waals surface area contributed by atoms with Gasteiger partial charge in [0.25, 0.3) is 5.91 Å². The first-order valence-electron chi connectivity index (χ1n) is 9.77. The summed E-state index contributed by atoms with van der Waals surface area (Å²) in [5, 5.41) is 2.93. The Hall–Kier alpha value is -3.43. The van der Waals surface area contributed by atoms with Crippen molar-refractivity contribution in [3.8, 4) is 27.6 Å². The number of amides is 1. The zero-order valence-electron chi connectivity index (χ0n) is 17.6. The molecule has 0 aliphatic rings. The SMILES string of the molecule is COc1ccc2nc(-c3cc(-c4ccc(C(=O)NCCN(C)C)s4)cnc3N)[nH]c2c1. The highest BCUT2D eigenvalue weighted by Crippen LogP contribution is 2.33. The number of thiophene rings is 1. The topological polar surface area (TPSA) is 109 Å². The Labute approximate surface area is 184 Å². The average Bonchev–Trinajstić information content (AvgIpc) is 3.40. The van der Waals surface area contributed by atoms with Crippen molar-refractivity contribution in [2.75, 3.05) is 40.0 Å². The molecule has 9 heteroatoms. The van der Waals surface area contributed by atoms with Crippen LogP contribution in [0.25, 0.3) is 32.9 Å². The summed E-state index contributed by atoms with van der Waals surface area (Å²) in [6.07, 6.45) is 1.71. The smallest absolute Gasteiger partial charge is 0.261 e. The lowest BCUT2D eigenvalue weighted by atomic mass is 10.1. The number of H-pyrrole nitrogens is 1. The van der Waals surface area contributed by atoms with Crippen molar-refractivity contribution in [2.24, 2.45) is 0 Å². The minimum absolute atomic E-state index is 0.0760. The number of aromatic amines is 1. The standard InChI is InChI=1S/C22H24N6O2S/c1-28(2)9-8-24-22(29)19-7-6-18(31-19)13-10-15(20(23)25-12-13)21-26-16-5-4-14(30-3)11-17(16)27-21/h4-7,10-12H,8-9H2,1-3H3,(H2,23,25)(H,24,29)(H,26,27). The third-order valence-electron chi connectivity index (χ3n) is 4.82. The largest absolute Gasteiger partial charge is 0.497 e. The molecule has 0 atom stereocenters. The van der Waals surface area contributed by atoms with E-state index in [0.29, 0.717) is 28.6 Å². The van der Waals surface area contributed by atoms with Crippen LogP contribution < -0.4 is 15.8 Å². The molecule has 0 spiro atoms. The lowest BCUT2D eigenvalue weighted by Gasteiger charge is -2.09. The number of hydrogen-bond donors (Lipinski definition) is 3. The van der Waals surface area contributed by atoms with Crippen LogP contribution in [0.2, 0.25) is 0 Å². The van der Waals surface area contributed by atoms with Crippen LogP contribution in [0.4, 0.5) is 5.82 Å². The molecule has 8 nitrogen and oxygen atoms in total. The number of benzene rings is 1. The number of nitrogens with two attached hydrogens (primary N) is 1. The Morgan fingerprint density at radius 1 is 1.26 bits per heavy atom. The van der Waals surface area contributed by atoms with Gasteiger partial charge in [-0.2, -0.15) is 0 Å². The minimum atomic E-state index is -0.0760. The van der Waals surface area contributed by atoms with Crippen LogP contribution in [0.3, 0.4) is 0 Å². The van der Waals surface area contributed by atoms with E-state index in [1.807, 2.05) is 55.4 Å². The molecular formula is C22H24N6O2S. The van der Waals surface area contributed by atoms with E-state index in [4.69, 9.17) is 10.5 Å². The van der Waals surface area contributed by atoms with Gasteiger partial charge in [-0.25, -0.2) is 9.97 Å². The number of pyridine rings is 1. The second-order valence-corrected chi connectivity index (χ2v) is 8.43. The number of nitrogen functional groups attached to an aromatic ring is 1. The lowest BCUT2D eigenvalue weighted by Crippen LogP contribution is -2.30. The first-order chi connectivity index (χ1) is 14.9. The summed E-state index contributed by atoms with van der Waals surface area (Å²) >= 11 is 1.42. The fourth-order valence-corrected chi connectivity index (χ4v) is 4.04. The van der Waals surface area contributed by atoms with E-state index in [9.17, 15) is 4.79 Å². The van der Waals surface area contributed by atoms with Crippen LogP contribution >= 0.6 is 11.3 Å². The number of nitrogens with zero attached hydrogens (tertiary/aromatic N) is 3. The zero-order chi connectivity index (χ0) is 22.0. The summed E-state index contributed by atoms with van der Waals surface area (Å²) in [4.78, 5) is 28.3. The van der Waals surface area contributed by atoms with E-state index in [1.165, 1.54) is 11.3 Å². The highest BCUT2D eigenvalue weighted by atomic mass is 32.1. The van der Waals surface area contributed by atoms with Crippen molar-refractivity contribution in [2.45, 2.75) is 0 Å². The third-order valence-corrected chi connectivity index (χ3v) is 5.95. The van der Waals surface area contributed by atoms with Gasteiger partial charge in [0, 0.05) is 35.8 Å². The average molecular weight is 437 g/mol. The number of rotatable bonds is 7. The lowest BCUT2D eigenvalue weighted by molar-refractivity contribution is 0.0955. The number of fused-ring (bicyclic) bond motifs is 1. The summed E-state index contributed by atoms with van der Waals surface area (Å²) in [5.41, 5.74) is 9.40. The molecule has 4 rings (SSSR count). The first kappa shape index (κ1) is 20.8. The first-order valence-corrected chi connectivity index (χ1v) is 10.6. The quantitative estimate of drug-likeness (QED) is 0.410. The molecule has 0 fully saturated rings. The Balaban J connectivity index is 1.60. The van der Waals surface area contributed by atoms with E-state index in [2.05, 4.69) is 20.3 Å². The molecule has 0 radical (unpaired) electrons. The molecule has 1 amide bonds. The normalized spacial score (nSPS) is 11.2. The van der Waals surface area contributed by atoms with Crippen LogP contribution in [0, 0.1) is 0 Å². The van der Waals surface area contributed by atoms with Crippen molar-refractivity contribution in [1.29, 1.82) is 0 Å². The summed E-state index contributed by atoms with van der Waals surface area (Å²) in [6.45, 7) is 1.39. The summed E-state index contributed by atoms with van der Waals surface area (Å²) in [5.74, 6) is 1.69. The molecule has 4 aromatic rings. The maximum atomic E-state index is 12.4. The summed E-state index contributed by atoms with van der Waals surface area (Å²) < 4.78 is 5.28. The van der Waals surface area contributed by atoms with E-state index >= 15 is 0 Å². The fourth-order valence-electron chi connectivity index (χ4n) is 3.14. The zero-order valence-corrected chi connectivity index (χ0v) is 18.4. The second-order valence-electron chi connectivity index (χ2n) is 7.35. The number of carbonyl (C=O) groups excluding carboxylic acids is 1. The number of carbonyl (C=O) groups is 1. The number of nitrogens with one attached hydrogen (secondary N) is 2. The van der Waals surface area contributed by atoms with Gasteiger partial charge in [-0.05, 0) is 44.4 Å². The molecule has 0 unspecified atom stereocenters. The number of imidazole rings is 1. The molecule has 31 heavy (non-hydrogen) atoms. The number of hydrogen-bond acceptors (Lipinski definition) is 7. The van der Waals surface area contributed by atoms with E-state index in [0.717, 1.165) is 33.8 Å². The van der Waals surface area contributed by atoms with Gasteiger partial charge in [0.2, 0.25) is 0 Å². The van der Waals surface area contributed by atoms with Gasteiger partial charge in [0.05, 0.1) is 28.6 Å². The van der Waals surface area contributed by atoms with Gasteiger partial charge in [0.15, 0.2) is 0 Å². The maximum Gasteiger partial charge on any atom is 0.261 e. The van der Waals surface area contributed by atoms with Crippen molar-refractivity contribution in [3.05, 3.63) is 47.5 Å². The monoisotopic (exact) mass is 436 g/mol. The van der Waals surface area contributed by atoms with Crippen LogP contribution in [0.1, 0.15) is 9.67 Å². The predicted octanol–water partition coefficient (Wildman–Crippen LogP) is 3.24. The van der Waals surface area contributed by atoms with Gasteiger partial charge >= 0.3 is 0 Å². The van der Waals surface area contributed by atoms with Crippen LogP contribution in [0.5, 0.6) is 5.75 Å². The Morgan fingerprint density at radius 2 is 2.10 bits per heavy atom. The van der Waals surface area contributed by atoms with Crippen molar-refractivity contribution in [1.82, 2.24) is 25.2 Å². The maximum absolute atomic E-state index is 12.4. The van der Waals surface area contributed by atoms with E-state index in [1.54, 1.807) is 13.3 Å². The Bertz CT molecular complexity index is 1230. The van der Waals surface area contributed by atoms with E-state index in [-0.39, 0.29) is 5.91 Å². The number of methoxy groups -OCH3 is 1. The van der Waals surface area contributed by atoms with E-state index < -0.39 is 0 Å². The second kappa shape index (κ2) is 8.75. The molecule has 3 aromatic heterocycles. The van der Waals surface area contributed by atoms with Crippen LogP contribution in [0.15, 0.2) is 42.6 Å². The Morgan fingerprint density at radius 3 is 2.87 bits per heavy atom. The van der Waals surface area contributed by atoms with Gasteiger partial charge in [0.1, 0.15) is 17.4 Å². The highest BCUT2D eigenvalue weighted by molar-refractivity contribution is 7.17. The molecule has 0 saturated heterocycles. The molecule has 0 saturated carbocycles. The fraction of sp³-hybridized carbons (Fsp3) is 0.227. The van der Waals surface area contributed by atoms with Crippen molar-refractivity contribution >= 4 is 34.1 Å². The molecular weight excluding hydrogens is 412 g/mol. The molecule has 160 valence electrons. The third kappa shape index (κ3) is 4.52. The van der Waals surface area contributed by atoms with Gasteiger partial charge in [-0.3, -0.25) is 4.79 Å².